The molecule has 0 unspecified atom stereocenters. The first-order valence-corrected chi connectivity index (χ1v) is 15.8. The monoisotopic (exact) mass is 617 g/mol. The number of nitrogens with one attached hydrogen (secondary N) is 1. The summed E-state index contributed by atoms with van der Waals surface area (Å²) in [4.78, 5) is 12.9. The lowest BCUT2D eigenvalue weighted by molar-refractivity contribution is -0.113. The normalized spacial score (nSPS) is 11.3. The van der Waals surface area contributed by atoms with Gasteiger partial charge in [-0.1, -0.05) is 83.0 Å². The first kappa shape index (κ1) is 29.4. The number of hydrogen-bond donors (Lipinski definition) is 1. The quantitative estimate of drug-likeness (QED) is 0.176. The van der Waals surface area contributed by atoms with E-state index < -0.39 is 10.0 Å². The summed E-state index contributed by atoms with van der Waals surface area (Å²) in [6.45, 7) is 3.75. The van der Waals surface area contributed by atoms with Gasteiger partial charge >= 0.3 is 0 Å². The summed E-state index contributed by atoms with van der Waals surface area (Å²) in [7, 11) is -4.02. The lowest BCUT2D eigenvalue weighted by Gasteiger charge is -2.25. The fourth-order valence-electron chi connectivity index (χ4n) is 4.21. The number of nitrogens with zero attached hydrogens (tertiary/aromatic N) is 4. The zero-order valence-corrected chi connectivity index (χ0v) is 25.3. The lowest BCUT2D eigenvalue weighted by atomic mass is 10.2. The Morgan fingerprint density at radius 3 is 2.21 bits per heavy atom. The first-order valence-electron chi connectivity index (χ1n) is 13.0. The number of carbonyl (C=O) groups is 1. The number of aromatic nitrogens is 3. The maximum absolute atomic E-state index is 14.0. The third-order valence-corrected chi connectivity index (χ3v) is 9.32. The molecule has 0 atom stereocenters. The Bertz CT molecular complexity index is 1790. The molecule has 0 bridgehead atoms. The van der Waals surface area contributed by atoms with Crippen LogP contribution in [0.3, 0.4) is 0 Å². The number of hydrogen-bond acceptors (Lipinski definition) is 6. The van der Waals surface area contributed by atoms with E-state index in [1.54, 1.807) is 53.1 Å². The summed E-state index contributed by atoms with van der Waals surface area (Å²) in [5.74, 6) is 0.257. The second-order valence-corrected chi connectivity index (χ2v) is 12.8. The molecule has 0 saturated carbocycles. The van der Waals surface area contributed by atoms with Crippen LogP contribution in [0.15, 0.2) is 113 Å². The number of rotatable bonds is 10. The molecule has 42 heavy (non-hydrogen) atoms. The minimum Gasteiger partial charge on any atom is -0.325 e. The third kappa shape index (κ3) is 6.84. The van der Waals surface area contributed by atoms with Crippen molar-refractivity contribution in [2.24, 2.45) is 0 Å². The Hall–Kier alpha value is -4.12. The highest BCUT2D eigenvalue weighted by Gasteiger charge is 2.28. The van der Waals surface area contributed by atoms with Crippen molar-refractivity contribution in [3.05, 3.63) is 125 Å². The summed E-state index contributed by atoms with van der Waals surface area (Å²) in [5, 5.41) is 12.5. The molecule has 0 spiro atoms. The number of carbonyl (C=O) groups excluding carboxylic acids is 1. The molecule has 0 aliphatic carbocycles. The average Bonchev–Trinajstić information content (AvgIpc) is 3.39. The van der Waals surface area contributed by atoms with Gasteiger partial charge in [0, 0.05) is 16.4 Å². The number of anilines is 2. The second-order valence-electron chi connectivity index (χ2n) is 9.58. The Labute approximate surface area is 254 Å². The highest BCUT2D eigenvalue weighted by Crippen LogP contribution is 2.30. The highest BCUT2D eigenvalue weighted by molar-refractivity contribution is 7.99. The van der Waals surface area contributed by atoms with Crippen LogP contribution in [0.2, 0.25) is 5.02 Å². The molecule has 0 fully saturated rings. The van der Waals surface area contributed by atoms with E-state index in [2.05, 4.69) is 15.5 Å². The van der Waals surface area contributed by atoms with Gasteiger partial charge in [-0.15, -0.1) is 10.2 Å². The van der Waals surface area contributed by atoms with Gasteiger partial charge in [0.2, 0.25) is 5.91 Å². The second kappa shape index (κ2) is 12.8. The molecule has 11 heteroatoms. The van der Waals surface area contributed by atoms with E-state index >= 15 is 0 Å². The van der Waals surface area contributed by atoms with Gasteiger partial charge < -0.3 is 5.32 Å². The molecule has 214 valence electrons. The predicted octanol–water partition coefficient (Wildman–Crippen LogP) is 6.66. The number of halogens is 1. The molecule has 0 aliphatic rings. The van der Waals surface area contributed by atoms with Crippen molar-refractivity contribution in [3.63, 3.8) is 0 Å². The van der Waals surface area contributed by atoms with Crippen LogP contribution < -0.4 is 9.62 Å². The standard InChI is InChI=1S/C31H28ClN5O3S2/c1-22-11-15-25(16-12-22)33-30(38)21-41-31-35-34-29(37(31)26-8-4-3-5-9-26)20-36(27-10-6-7-24(32)19-27)42(39,40)28-17-13-23(2)14-18-28/h3-19H,20-21H2,1-2H3,(H,33,38). The third-order valence-electron chi connectivity index (χ3n) is 6.37. The van der Waals surface area contributed by atoms with Gasteiger partial charge in [0.05, 0.1) is 22.9 Å². The maximum atomic E-state index is 14.0. The zero-order valence-electron chi connectivity index (χ0n) is 22.9. The first-order chi connectivity index (χ1) is 20.2. The minimum absolute atomic E-state index is 0.0819. The Morgan fingerprint density at radius 1 is 0.881 bits per heavy atom. The van der Waals surface area contributed by atoms with Gasteiger partial charge in [0.15, 0.2) is 11.0 Å². The SMILES string of the molecule is Cc1ccc(NC(=O)CSc2nnc(CN(c3cccc(Cl)c3)S(=O)(=O)c3ccc(C)cc3)n2-c2ccccc2)cc1. The summed E-state index contributed by atoms with van der Waals surface area (Å²) in [6, 6.07) is 30.3. The van der Waals surface area contributed by atoms with Crippen LogP contribution in [0.1, 0.15) is 17.0 Å². The molecule has 1 heterocycles. The van der Waals surface area contributed by atoms with E-state index in [1.165, 1.54) is 16.1 Å². The van der Waals surface area contributed by atoms with Crippen LogP contribution in [0.4, 0.5) is 11.4 Å². The van der Waals surface area contributed by atoms with Crippen molar-refractivity contribution < 1.29 is 13.2 Å². The van der Waals surface area contributed by atoms with E-state index in [-0.39, 0.29) is 23.1 Å². The van der Waals surface area contributed by atoms with Crippen molar-refractivity contribution in [1.29, 1.82) is 0 Å². The van der Waals surface area contributed by atoms with E-state index in [4.69, 9.17) is 11.6 Å². The smallest absolute Gasteiger partial charge is 0.264 e. The number of amides is 1. The molecule has 1 N–H and O–H groups in total. The van der Waals surface area contributed by atoms with E-state index in [0.717, 1.165) is 16.8 Å². The van der Waals surface area contributed by atoms with Gasteiger partial charge in [-0.3, -0.25) is 13.7 Å². The molecule has 1 aromatic heterocycles. The molecule has 0 radical (unpaired) electrons. The van der Waals surface area contributed by atoms with E-state index in [1.807, 2.05) is 68.4 Å². The topological polar surface area (TPSA) is 97.2 Å². The van der Waals surface area contributed by atoms with Gasteiger partial charge in [-0.2, -0.15) is 0 Å². The molecule has 1 amide bonds. The Kier molecular flexibility index (Phi) is 8.96. The zero-order chi connectivity index (χ0) is 29.7. The number of sulfonamides is 1. The predicted molar refractivity (Wildman–Crippen MR) is 168 cm³/mol. The lowest BCUT2D eigenvalue weighted by Crippen LogP contribution is -2.31. The molecule has 5 rings (SSSR count). The number of para-hydroxylation sites is 1. The van der Waals surface area contributed by atoms with Crippen LogP contribution in [0.25, 0.3) is 5.69 Å². The number of benzene rings is 4. The molecule has 4 aromatic carbocycles. The van der Waals surface area contributed by atoms with Crippen LogP contribution in [0.5, 0.6) is 0 Å². The molecule has 8 nitrogen and oxygen atoms in total. The Morgan fingerprint density at radius 2 is 1.55 bits per heavy atom. The summed E-state index contributed by atoms with van der Waals surface area (Å²) < 4.78 is 31.0. The fourth-order valence-corrected chi connectivity index (χ4v) is 6.58. The maximum Gasteiger partial charge on any atom is 0.264 e. The van der Waals surface area contributed by atoms with Crippen LogP contribution in [-0.4, -0.2) is 34.8 Å². The molecule has 5 aromatic rings. The highest BCUT2D eigenvalue weighted by atomic mass is 35.5. The Balaban J connectivity index is 1.49. The van der Waals surface area contributed by atoms with Crippen LogP contribution >= 0.6 is 23.4 Å². The molecular formula is C31H28ClN5O3S2. The minimum atomic E-state index is -4.02. The molecule has 0 aliphatic heterocycles. The van der Waals surface area contributed by atoms with Crippen molar-refractivity contribution in [2.75, 3.05) is 15.4 Å². The van der Waals surface area contributed by atoms with Gasteiger partial charge in [0.25, 0.3) is 10.0 Å². The fraction of sp³-hybridized carbons (Fsp3) is 0.129. The van der Waals surface area contributed by atoms with E-state index in [0.29, 0.717) is 27.4 Å². The van der Waals surface area contributed by atoms with Crippen LogP contribution in [-0.2, 0) is 21.4 Å². The van der Waals surface area contributed by atoms with Gasteiger partial charge in [-0.25, -0.2) is 8.42 Å². The van der Waals surface area contributed by atoms with Crippen molar-refractivity contribution in [2.45, 2.75) is 30.4 Å². The summed E-state index contributed by atoms with van der Waals surface area (Å²) in [6.07, 6.45) is 0. The number of thioether (sulfide) groups is 1. The van der Waals surface area contributed by atoms with Crippen LogP contribution in [0, 0.1) is 13.8 Å². The number of aryl methyl sites for hydroxylation is 2. The summed E-state index contributed by atoms with van der Waals surface area (Å²) in [5.41, 5.74) is 3.87. The largest absolute Gasteiger partial charge is 0.325 e. The summed E-state index contributed by atoms with van der Waals surface area (Å²) >= 11 is 7.49. The van der Waals surface area contributed by atoms with E-state index in [9.17, 15) is 13.2 Å². The molecule has 0 saturated heterocycles. The average molecular weight is 618 g/mol. The van der Waals surface area contributed by atoms with Gasteiger partial charge in [-0.05, 0) is 68.4 Å². The van der Waals surface area contributed by atoms with Crippen molar-refractivity contribution in [1.82, 2.24) is 14.8 Å². The van der Waals surface area contributed by atoms with Gasteiger partial charge in [0.1, 0.15) is 0 Å². The molecular weight excluding hydrogens is 590 g/mol. The van der Waals surface area contributed by atoms with Crippen molar-refractivity contribution in [3.8, 4) is 5.69 Å². The van der Waals surface area contributed by atoms with Crippen molar-refractivity contribution >= 4 is 50.7 Å².